The summed E-state index contributed by atoms with van der Waals surface area (Å²) in [6, 6.07) is 9.28. The quantitative estimate of drug-likeness (QED) is 0.683. The number of nitrogens with zero attached hydrogens (tertiary/aromatic N) is 2. The number of rotatable bonds is 7. The Bertz CT molecular complexity index is 629. The first-order valence-corrected chi connectivity index (χ1v) is 7.39. The minimum Gasteiger partial charge on any atom is -0.354 e. The van der Waals surface area contributed by atoms with Crippen LogP contribution in [-0.2, 0) is 4.79 Å². The first-order chi connectivity index (χ1) is 10.7. The van der Waals surface area contributed by atoms with Crippen LogP contribution in [0, 0.1) is 0 Å². The van der Waals surface area contributed by atoms with Gasteiger partial charge in [0, 0.05) is 31.0 Å². The Kier molecular flexibility index (Phi) is 5.71. The highest BCUT2D eigenvalue weighted by Crippen LogP contribution is 2.19. The van der Waals surface area contributed by atoms with E-state index in [0.717, 1.165) is 30.8 Å². The zero-order chi connectivity index (χ0) is 15.8. The van der Waals surface area contributed by atoms with Crippen LogP contribution in [0.2, 0.25) is 0 Å². The highest BCUT2D eigenvalue weighted by atomic mass is 16.1. The maximum atomic E-state index is 11.1. The van der Waals surface area contributed by atoms with Gasteiger partial charge >= 0.3 is 0 Å². The fourth-order valence-corrected chi connectivity index (χ4v) is 1.92. The second-order valence-electron chi connectivity index (χ2n) is 4.93. The van der Waals surface area contributed by atoms with Gasteiger partial charge in [0.1, 0.15) is 5.82 Å². The van der Waals surface area contributed by atoms with E-state index >= 15 is 0 Å². The third-order valence-corrected chi connectivity index (χ3v) is 2.92. The van der Waals surface area contributed by atoms with Crippen LogP contribution in [0.25, 0.3) is 0 Å². The monoisotopic (exact) mass is 299 g/mol. The molecule has 1 amide bonds. The number of carbonyl (C=O) groups is 1. The van der Waals surface area contributed by atoms with Crippen molar-refractivity contribution in [2.75, 3.05) is 22.5 Å². The molecular weight excluding hydrogens is 278 g/mol. The highest BCUT2D eigenvalue weighted by Gasteiger charge is 2.01. The molecular formula is C16H21N5O. The normalized spacial score (nSPS) is 10.1. The van der Waals surface area contributed by atoms with E-state index in [9.17, 15) is 4.79 Å². The largest absolute Gasteiger partial charge is 0.354 e. The molecule has 0 aliphatic rings. The maximum absolute atomic E-state index is 11.1. The topological polar surface area (TPSA) is 78.9 Å². The molecule has 22 heavy (non-hydrogen) atoms. The van der Waals surface area contributed by atoms with Crippen LogP contribution in [0.3, 0.4) is 0 Å². The molecule has 116 valence electrons. The summed E-state index contributed by atoms with van der Waals surface area (Å²) in [5.41, 5.74) is 1.59. The van der Waals surface area contributed by atoms with Crippen molar-refractivity contribution in [1.29, 1.82) is 0 Å². The van der Waals surface area contributed by atoms with E-state index in [0.29, 0.717) is 11.8 Å². The second-order valence-corrected chi connectivity index (χ2v) is 4.93. The number of unbranched alkanes of at least 4 members (excludes halogenated alkanes) is 1. The van der Waals surface area contributed by atoms with E-state index in [1.165, 1.54) is 6.92 Å². The van der Waals surface area contributed by atoms with Crippen LogP contribution in [-0.4, -0.2) is 22.4 Å². The lowest BCUT2D eigenvalue weighted by molar-refractivity contribution is -0.114. The molecule has 0 aliphatic heterocycles. The number of hydrogen-bond acceptors (Lipinski definition) is 5. The summed E-state index contributed by atoms with van der Waals surface area (Å²) >= 11 is 0. The van der Waals surface area contributed by atoms with E-state index in [4.69, 9.17) is 0 Å². The number of anilines is 4. The van der Waals surface area contributed by atoms with Crippen molar-refractivity contribution >= 4 is 29.0 Å². The maximum Gasteiger partial charge on any atom is 0.224 e. The minimum absolute atomic E-state index is 0.0957. The van der Waals surface area contributed by atoms with Crippen LogP contribution in [0.4, 0.5) is 23.1 Å². The third kappa shape index (κ3) is 5.05. The van der Waals surface area contributed by atoms with Crippen LogP contribution >= 0.6 is 0 Å². The molecule has 2 aromatic rings. The lowest BCUT2D eigenvalue weighted by Gasteiger charge is -2.09. The SMILES string of the molecule is CCCCNc1nccc(Nc2cccc(NC(C)=O)c2)n1. The van der Waals surface area contributed by atoms with Crippen LogP contribution < -0.4 is 16.0 Å². The van der Waals surface area contributed by atoms with Crippen LogP contribution in [0.15, 0.2) is 36.5 Å². The summed E-state index contributed by atoms with van der Waals surface area (Å²) in [6.07, 6.45) is 3.92. The summed E-state index contributed by atoms with van der Waals surface area (Å²) in [5.74, 6) is 1.21. The van der Waals surface area contributed by atoms with Crippen molar-refractivity contribution in [2.24, 2.45) is 0 Å². The molecule has 1 aromatic heterocycles. The van der Waals surface area contributed by atoms with Crippen molar-refractivity contribution < 1.29 is 4.79 Å². The van der Waals surface area contributed by atoms with Crippen LogP contribution in [0.1, 0.15) is 26.7 Å². The summed E-state index contributed by atoms with van der Waals surface area (Å²) in [4.78, 5) is 19.7. The van der Waals surface area contributed by atoms with Gasteiger partial charge in [0.2, 0.25) is 11.9 Å². The van der Waals surface area contributed by atoms with Gasteiger partial charge in [-0.05, 0) is 30.7 Å². The molecule has 1 heterocycles. The zero-order valence-electron chi connectivity index (χ0n) is 12.9. The summed E-state index contributed by atoms with van der Waals surface area (Å²) in [7, 11) is 0. The van der Waals surface area contributed by atoms with Gasteiger partial charge < -0.3 is 16.0 Å². The summed E-state index contributed by atoms with van der Waals surface area (Å²) in [5, 5.41) is 9.15. The molecule has 3 N–H and O–H groups in total. The van der Waals surface area contributed by atoms with Gasteiger partial charge in [0.05, 0.1) is 0 Å². The van der Waals surface area contributed by atoms with Gasteiger partial charge in [-0.2, -0.15) is 4.98 Å². The van der Waals surface area contributed by atoms with E-state index in [-0.39, 0.29) is 5.91 Å². The molecule has 1 aromatic carbocycles. The smallest absolute Gasteiger partial charge is 0.224 e. The Labute approximate surface area is 130 Å². The lowest BCUT2D eigenvalue weighted by Crippen LogP contribution is -2.07. The van der Waals surface area contributed by atoms with Gasteiger partial charge in [-0.3, -0.25) is 4.79 Å². The number of hydrogen-bond donors (Lipinski definition) is 3. The second kappa shape index (κ2) is 7.97. The molecule has 6 heteroatoms. The van der Waals surface area contributed by atoms with E-state index < -0.39 is 0 Å². The van der Waals surface area contributed by atoms with Gasteiger partial charge in [0.25, 0.3) is 0 Å². The first-order valence-electron chi connectivity index (χ1n) is 7.39. The Morgan fingerprint density at radius 2 is 2.05 bits per heavy atom. The van der Waals surface area contributed by atoms with E-state index in [1.54, 1.807) is 12.3 Å². The summed E-state index contributed by atoms with van der Waals surface area (Å²) in [6.45, 7) is 4.49. The molecule has 0 aliphatic carbocycles. The molecule has 0 fully saturated rings. The molecule has 2 rings (SSSR count). The molecule has 0 atom stereocenters. The number of nitrogens with one attached hydrogen (secondary N) is 3. The van der Waals surface area contributed by atoms with Gasteiger partial charge in [0.15, 0.2) is 0 Å². The zero-order valence-corrected chi connectivity index (χ0v) is 12.9. The predicted octanol–water partition coefficient (Wildman–Crippen LogP) is 3.39. The lowest BCUT2D eigenvalue weighted by atomic mass is 10.2. The Balaban J connectivity index is 2.03. The number of aromatic nitrogens is 2. The molecule has 0 spiro atoms. The third-order valence-electron chi connectivity index (χ3n) is 2.92. The Morgan fingerprint density at radius 3 is 2.82 bits per heavy atom. The van der Waals surface area contributed by atoms with E-state index in [1.807, 2.05) is 24.3 Å². The highest BCUT2D eigenvalue weighted by molar-refractivity contribution is 5.89. The van der Waals surface area contributed by atoms with Crippen LogP contribution in [0.5, 0.6) is 0 Å². The first kappa shape index (κ1) is 15.8. The standard InChI is InChI=1S/C16H21N5O/c1-3-4-9-17-16-18-10-8-15(21-16)20-14-7-5-6-13(11-14)19-12(2)22/h5-8,10-11H,3-4,9H2,1-2H3,(H,19,22)(H2,17,18,20,21). The van der Waals surface area contributed by atoms with Gasteiger partial charge in [-0.15, -0.1) is 0 Å². The molecule has 0 saturated carbocycles. The predicted molar refractivity (Wildman–Crippen MR) is 89.5 cm³/mol. The molecule has 6 nitrogen and oxygen atoms in total. The summed E-state index contributed by atoms with van der Waals surface area (Å²) < 4.78 is 0. The van der Waals surface area contributed by atoms with Crippen molar-refractivity contribution in [3.05, 3.63) is 36.5 Å². The molecule has 0 saturated heterocycles. The average molecular weight is 299 g/mol. The fraction of sp³-hybridized carbons (Fsp3) is 0.312. The van der Waals surface area contributed by atoms with Gasteiger partial charge in [-0.1, -0.05) is 19.4 Å². The number of carbonyl (C=O) groups excluding carboxylic acids is 1. The molecule has 0 bridgehead atoms. The molecule has 0 radical (unpaired) electrons. The average Bonchev–Trinajstić information content (AvgIpc) is 2.47. The Morgan fingerprint density at radius 1 is 1.23 bits per heavy atom. The van der Waals surface area contributed by atoms with E-state index in [2.05, 4.69) is 32.8 Å². The Hall–Kier alpha value is -2.63. The van der Waals surface area contributed by atoms with Crippen molar-refractivity contribution in [1.82, 2.24) is 9.97 Å². The fourth-order valence-electron chi connectivity index (χ4n) is 1.92. The van der Waals surface area contributed by atoms with Gasteiger partial charge in [-0.25, -0.2) is 4.98 Å². The van der Waals surface area contributed by atoms with Crippen molar-refractivity contribution in [3.8, 4) is 0 Å². The van der Waals surface area contributed by atoms with Crippen molar-refractivity contribution in [3.63, 3.8) is 0 Å². The minimum atomic E-state index is -0.0957. The number of amides is 1. The van der Waals surface area contributed by atoms with Crippen molar-refractivity contribution in [2.45, 2.75) is 26.7 Å². The molecule has 0 unspecified atom stereocenters. The number of benzene rings is 1.